The van der Waals surface area contributed by atoms with E-state index in [1.54, 1.807) is 27.8 Å². The van der Waals surface area contributed by atoms with Crippen molar-refractivity contribution in [3.8, 4) is 0 Å². The molecule has 3 fully saturated rings. The molecule has 2 unspecified atom stereocenters. The van der Waals surface area contributed by atoms with Crippen molar-refractivity contribution in [3.05, 3.63) is 75.8 Å². The summed E-state index contributed by atoms with van der Waals surface area (Å²) in [6.45, 7) is 1.74. The van der Waals surface area contributed by atoms with Gasteiger partial charge in [0.25, 0.3) is 5.91 Å². The first-order chi connectivity index (χ1) is 14.1. The SMILES string of the molecule is O=C(c1cc(Cn2ncc(=O)c3ccccc32)ccc1F)N1CC2CCC1CN2. The molecule has 0 spiro atoms. The quantitative estimate of drug-likeness (QED) is 0.742. The Morgan fingerprint density at radius 2 is 2.07 bits per heavy atom. The van der Waals surface area contributed by atoms with Crippen LogP contribution in [0.4, 0.5) is 4.39 Å². The molecule has 3 saturated heterocycles. The van der Waals surface area contributed by atoms with Gasteiger partial charge in [-0.05, 0) is 42.7 Å². The monoisotopic (exact) mass is 392 g/mol. The van der Waals surface area contributed by atoms with Crippen LogP contribution >= 0.6 is 0 Å². The zero-order valence-corrected chi connectivity index (χ0v) is 15.8. The number of carbonyl (C=O) groups is 1. The Bertz CT molecular complexity index is 1150. The van der Waals surface area contributed by atoms with Crippen molar-refractivity contribution >= 4 is 16.8 Å². The summed E-state index contributed by atoms with van der Waals surface area (Å²) < 4.78 is 16.2. The van der Waals surface area contributed by atoms with Crippen LogP contribution in [0.3, 0.4) is 0 Å². The summed E-state index contributed by atoms with van der Waals surface area (Å²) in [5, 5.41) is 8.22. The minimum Gasteiger partial charge on any atom is -0.333 e. The molecule has 3 aromatic rings. The zero-order chi connectivity index (χ0) is 20.0. The number of benzene rings is 2. The number of hydrogen-bond acceptors (Lipinski definition) is 4. The summed E-state index contributed by atoms with van der Waals surface area (Å²) in [4.78, 5) is 26.9. The smallest absolute Gasteiger partial charge is 0.257 e. The number of nitrogens with zero attached hydrogens (tertiary/aromatic N) is 3. The lowest BCUT2D eigenvalue weighted by atomic mass is 9.92. The summed E-state index contributed by atoms with van der Waals surface area (Å²) in [5.74, 6) is -0.760. The molecule has 1 aromatic heterocycles. The van der Waals surface area contributed by atoms with Crippen LogP contribution in [0.25, 0.3) is 10.9 Å². The van der Waals surface area contributed by atoms with Crippen molar-refractivity contribution in [2.75, 3.05) is 13.1 Å². The van der Waals surface area contributed by atoms with Gasteiger partial charge in [0, 0.05) is 30.6 Å². The van der Waals surface area contributed by atoms with E-state index >= 15 is 0 Å². The highest BCUT2D eigenvalue weighted by Gasteiger charge is 2.37. The second-order valence-electron chi connectivity index (χ2n) is 7.79. The largest absolute Gasteiger partial charge is 0.333 e. The van der Waals surface area contributed by atoms with E-state index in [-0.39, 0.29) is 22.9 Å². The first-order valence-electron chi connectivity index (χ1n) is 9.88. The molecule has 3 aliphatic rings. The number of fused-ring (bicyclic) bond motifs is 4. The number of halogens is 1. The summed E-state index contributed by atoms with van der Waals surface area (Å²) in [5.41, 5.74) is 1.42. The van der Waals surface area contributed by atoms with Crippen molar-refractivity contribution in [1.29, 1.82) is 0 Å². The Kier molecular flexibility index (Phi) is 4.39. The van der Waals surface area contributed by atoms with Crippen molar-refractivity contribution < 1.29 is 9.18 Å². The van der Waals surface area contributed by atoms with Crippen LogP contribution < -0.4 is 10.7 Å². The molecule has 1 amide bonds. The van der Waals surface area contributed by atoms with Gasteiger partial charge in [-0.15, -0.1) is 0 Å². The third-order valence-corrected chi connectivity index (χ3v) is 5.96. The molecule has 148 valence electrons. The Balaban J connectivity index is 1.47. The maximum atomic E-state index is 14.5. The van der Waals surface area contributed by atoms with Gasteiger partial charge >= 0.3 is 0 Å². The highest BCUT2D eigenvalue weighted by Crippen LogP contribution is 2.25. The average Bonchev–Trinajstić information content (AvgIpc) is 2.77. The summed E-state index contributed by atoms with van der Waals surface area (Å²) in [6.07, 6.45) is 3.30. The van der Waals surface area contributed by atoms with Crippen LogP contribution in [0.1, 0.15) is 28.8 Å². The molecule has 6 nitrogen and oxygen atoms in total. The predicted molar refractivity (Wildman–Crippen MR) is 107 cm³/mol. The van der Waals surface area contributed by atoms with E-state index in [1.165, 1.54) is 12.3 Å². The molecular formula is C22H21FN4O2. The molecule has 29 heavy (non-hydrogen) atoms. The normalized spacial score (nSPS) is 20.9. The topological polar surface area (TPSA) is 67.2 Å². The maximum absolute atomic E-state index is 14.5. The second kappa shape index (κ2) is 7.08. The third kappa shape index (κ3) is 3.21. The van der Waals surface area contributed by atoms with Crippen LogP contribution in [0.2, 0.25) is 0 Å². The molecule has 2 bridgehead atoms. The fourth-order valence-corrected chi connectivity index (χ4v) is 4.41. The van der Waals surface area contributed by atoms with E-state index < -0.39 is 5.82 Å². The lowest BCUT2D eigenvalue weighted by Gasteiger charge is -2.46. The van der Waals surface area contributed by atoms with E-state index in [2.05, 4.69) is 10.4 Å². The lowest BCUT2D eigenvalue weighted by molar-refractivity contribution is 0.0436. The fraction of sp³-hybridized carbons (Fsp3) is 0.318. The van der Waals surface area contributed by atoms with E-state index in [0.717, 1.165) is 24.9 Å². The third-order valence-electron chi connectivity index (χ3n) is 5.96. The molecule has 3 aliphatic heterocycles. The van der Waals surface area contributed by atoms with Crippen LogP contribution in [-0.4, -0.2) is 45.8 Å². The van der Waals surface area contributed by atoms with Crippen LogP contribution in [0.5, 0.6) is 0 Å². The zero-order valence-electron chi connectivity index (χ0n) is 15.8. The van der Waals surface area contributed by atoms with E-state index in [9.17, 15) is 14.0 Å². The van der Waals surface area contributed by atoms with Crippen molar-refractivity contribution in [2.24, 2.45) is 0 Å². The van der Waals surface area contributed by atoms with Crippen molar-refractivity contribution in [1.82, 2.24) is 20.0 Å². The summed E-state index contributed by atoms with van der Waals surface area (Å²) >= 11 is 0. The average molecular weight is 392 g/mol. The summed E-state index contributed by atoms with van der Waals surface area (Å²) in [6, 6.07) is 12.3. The number of carbonyl (C=O) groups excluding carboxylic acids is 1. The Morgan fingerprint density at radius 1 is 1.21 bits per heavy atom. The van der Waals surface area contributed by atoms with Crippen LogP contribution in [0.15, 0.2) is 53.5 Å². The minimum atomic E-state index is -0.508. The molecule has 2 atom stereocenters. The molecule has 6 rings (SSSR count). The highest BCUT2D eigenvalue weighted by molar-refractivity contribution is 5.95. The number of piperazine rings is 1. The van der Waals surface area contributed by atoms with Gasteiger partial charge in [-0.3, -0.25) is 14.3 Å². The number of amides is 1. The van der Waals surface area contributed by atoms with Gasteiger partial charge in [0.05, 0.1) is 23.8 Å². The van der Waals surface area contributed by atoms with Gasteiger partial charge in [0.2, 0.25) is 5.43 Å². The van der Waals surface area contributed by atoms with Gasteiger partial charge in [-0.2, -0.15) is 5.10 Å². The molecule has 0 aliphatic carbocycles. The number of nitrogens with one attached hydrogen (secondary N) is 1. The summed E-state index contributed by atoms with van der Waals surface area (Å²) in [7, 11) is 0. The van der Waals surface area contributed by atoms with E-state index in [0.29, 0.717) is 30.0 Å². The van der Waals surface area contributed by atoms with Gasteiger partial charge < -0.3 is 10.2 Å². The van der Waals surface area contributed by atoms with Crippen LogP contribution in [0, 0.1) is 5.82 Å². The van der Waals surface area contributed by atoms with E-state index in [4.69, 9.17) is 0 Å². The number of rotatable bonds is 3. The van der Waals surface area contributed by atoms with Crippen LogP contribution in [-0.2, 0) is 6.54 Å². The number of aromatic nitrogens is 2. The van der Waals surface area contributed by atoms with Gasteiger partial charge in [0.15, 0.2) is 0 Å². The number of piperidine rings is 2. The Morgan fingerprint density at radius 3 is 2.83 bits per heavy atom. The minimum absolute atomic E-state index is 0.0976. The second-order valence-corrected chi connectivity index (χ2v) is 7.79. The Hall–Kier alpha value is -3.06. The molecule has 7 heteroatoms. The molecule has 0 radical (unpaired) electrons. The predicted octanol–water partition coefficient (Wildman–Crippen LogP) is 2.16. The fourth-order valence-electron chi connectivity index (χ4n) is 4.41. The molecule has 1 N–H and O–H groups in total. The van der Waals surface area contributed by atoms with Gasteiger partial charge in [-0.1, -0.05) is 18.2 Å². The number of hydrogen-bond donors (Lipinski definition) is 1. The Labute approximate surface area is 166 Å². The molecule has 2 aromatic carbocycles. The van der Waals surface area contributed by atoms with Gasteiger partial charge in [-0.25, -0.2) is 4.39 Å². The van der Waals surface area contributed by atoms with Crippen molar-refractivity contribution in [3.63, 3.8) is 0 Å². The molecular weight excluding hydrogens is 371 g/mol. The molecule has 4 heterocycles. The molecule has 0 saturated carbocycles. The first kappa shape index (κ1) is 18.0. The van der Waals surface area contributed by atoms with Gasteiger partial charge in [0.1, 0.15) is 5.82 Å². The maximum Gasteiger partial charge on any atom is 0.257 e. The first-order valence-corrected chi connectivity index (χ1v) is 9.88. The number of para-hydroxylation sites is 1. The highest BCUT2D eigenvalue weighted by atomic mass is 19.1. The standard InChI is InChI=1S/C22H21FN4O2/c23-19-8-5-14(12-27-20-4-2-1-3-17(20)21(28)11-25-27)9-18(19)22(29)26-13-15-6-7-16(26)10-24-15/h1-5,8-9,11,15-16,24H,6-7,10,12-13H2. The van der Waals surface area contributed by atoms with E-state index in [1.807, 2.05) is 18.2 Å². The lowest BCUT2D eigenvalue weighted by Crippen LogP contribution is -2.62. The van der Waals surface area contributed by atoms with Crippen molar-refractivity contribution in [2.45, 2.75) is 31.5 Å².